The summed E-state index contributed by atoms with van der Waals surface area (Å²) in [6, 6.07) is 50.8. The van der Waals surface area contributed by atoms with Gasteiger partial charge in [-0.05, 0) is 75.0 Å². The van der Waals surface area contributed by atoms with E-state index in [-0.39, 0.29) is 0 Å². The molecular formula is C44H24N2O2. The van der Waals surface area contributed by atoms with Gasteiger partial charge in [0.1, 0.15) is 28.0 Å². The van der Waals surface area contributed by atoms with Crippen molar-refractivity contribution in [2.45, 2.75) is 0 Å². The number of furan rings is 2. The van der Waals surface area contributed by atoms with Gasteiger partial charge in [-0.25, -0.2) is 9.97 Å². The number of hydrogen-bond donors (Lipinski definition) is 0. The Labute approximate surface area is 274 Å². The first-order valence-corrected chi connectivity index (χ1v) is 16.2. The first-order chi connectivity index (χ1) is 23.8. The molecule has 0 saturated carbocycles. The number of para-hydroxylation sites is 2. The van der Waals surface area contributed by atoms with Crippen LogP contribution in [0, 0.1) is 0 Å². The Kier molecular flexibility index (Phi) is 5.08. The smallest absolute Gasteiger partial charge is 0.180 e. The summed E-state index contributed by atoms with van der Waals surface area (Å²) in [6.07, 6.45) is 0. The molecule has 3 aromatic heterocycles. The van der Waals surface area contributed by atoms with Gasteiger partial charge in [0.25, 0.3) is 0 Å². The van der Waals surface area contributed by atoms with E-state index in [0.29, 0.717) is 11.4 Å². The predicted molar refractivity (Wildman–Crippen MR) is 195 cm³/mol. The molecule has 4 heteroatoms. The highest BCUT2D eigenvalue weighted by molar-refractivity contribution is 6.21. The second-order valence-corrected chi connectivity index (χ2v) is 12.5. The molecule has 0 atom stereocenters. The molecule has 0 spiro atoms. The van der Waals surface area contributed by atoms with Crippen molar-refractivity contribution < 1.29 is 8.83 Å². The molecule has 0 aliphatic heterocycles. The molecule has 1 aliphatic rings. The number of benzene rings is 7. The third-order valence-electron chi connectivity index (χ3n) is 9.85. The Morgan fingerprint density at radius 3 is 1.90 bits per heavy atom. The summed E-state index contributed by atoms with van der Waals surface area (Å²) >= 11 is 0. The van der Waals surface area contributed by atoms with Crippen LogP contribution in [0.4, 0.5) is 0 Å². The first kappa shape index (κ1) is 25.6. The summed E-state index contributed by atoms with van der Waals surface area (Å²) in [7, 11) is 0. The van der Waals surface area contributed by atoms with E-state index < -0.39 is 0 Å². The van der Waals surface area contributed by atoms with Crippen molar-refractivity contribution in [1.29, 1.82) is 0 Å². The molecule has 7 aromatic carbocycles. The summed E-state index contributed by atoms with van der Waals surface area (Å²) in [5, 5.41) is 5.63. The van der Waals surface area contributed by atoms with Crippen LogP contribution in [0.2, 0.25) is 0 Å². The molecule has 48 heavy (non-hydrogen) atoms. The Bertz CT molecular complexity index is 2950. The average Bonchev–Trinajstić information content (AvgIpc) is 3.82. The molecule has 0 N–H and O–H groups in total. The van der Waals surface area contributed by atoms with Crippen LogP contribution in [0.1, 0.15) is 0 Å². The van der Waals surface area contributed by atoms with E-state index in [1.165, 1.54) is 38.6 Å². The van der Waals surface area contributed by atoms with Crippen molar-refractivity contribution in [2.24, 2.45) is 0 Å². The summed E-state index contributed by atoms with van der Waals surface area (Å²) in [4.78, 5) is 10.7. The summed E-state index contributed by atoms with van der Waals surface area (Å²) < 4.78 is 12.8. The zero-order valence-electron chi connectivity index (χ0n) is 25.6. The fraction of sp³-hybridized carbons (Fsp3) is 0. The molecular weight excluding hydrogens is 588 g/mol. The number of rotatable bonds is 3. The highest BCUT2D eigenvalue weighted by Gasteiger charge is 2.29. The zero-order valence-corrected chi connectivity index (χ0v) is 25.6. The lowest BCUT2D eigenvalue weighted by Crippen LogP contribution is -1.97. The summed E-state index contributed by atoms with van der Waals surface area (Å²) in [5.41, 5.74) is 13.8. The molecule has 0 saturated heterocycles. The normalized spacial score (nSPS) is 12.2. The van der Waals surface area contributed by atoms with E-state index in [4.69, 9.17) is 18.8 Å². The van der Waals surface area contributed by atoms with Crippen LogP contribution in [-0.2, 0) is 0 Å². The first-order valence-electron chi connectivity index (χ1n) is 16.2. The van der Waals surface area contributed by atoms with Crippen LogP contribution in [-0.4, -0.2) is 9.97 Å². The van der Waals surface area contributed by atoms with Gasteiger partial charge in [-0.2, -0.15) is 0 Å². The van der Waals surface area contributed by atoms with Crippen molar-refractivity contribution >= 4 is 54.8 Å². The van der Waals surface area contributed by atoms with Crippen LogP contribution in [0.3, 0.4) is 0 Å². The van der Waals surface area contributed by atoms with Crippen molar-refractivity contribution in [3.63, 3.8) is 0 Å². The quantitative estimate of drug-likeness (QED) is 0.199. The van der Waals surface area contributed by atoms with Crippen LogP contribution >= 0.6 is 0 Å². The summed E-state index contributed by atoms with van der Waals surface area (Å²) in [5.74, 6) is 0.662. The molecule has 222 valence electrons. The number of nitrogens with zero attached hydrogens (tertiary/aromatic N) is 2. The SMILES string of the molecule is c1ccc(-c2ccc(-c3nc(-c4ccc5c(c4)oc4ccccc45)c4oc5ccccc5c4n3)c3c2-c2cccc4cccc-3c24)cc1. The monoisotopic (exact) mass is 612 g/mol. The number of hydrogen-bond acceptors (Lipinski definition) is 4. The van der Waals surface area contributed by atoms with Crippen molar-refractivity contribution in [2.75, 3.05) is 0 Å². The van der Waals surface area contributed by atoms with Gasteiger partial charge in [-0.1, -0.05) is 109 Å². The van der Waals surface area contributed by atoms with E-state index in [1.807, 2.05) is 36.4 Å². The maximum absolute atomic E-state index is 6.51. The van der Waals surface area contributed by atoms with E-state index in [9.17, 15) is 0 Å². The molecule has 4 nitrogen and oxygen atoms in total. The van der Waals surface area contributed by atoms with Gasteiger partial charge < -0.3 is 8.83 Å². The molecule has 0 fully saturated rings. The molecule has 1 aliphatic carbocycles. The summed E-state index contributed by atoms with van der Waals surface area (Å²) in [6.45, 7) is 0. The van der Waals surface area contributed by atoms with E-state index >= 15 is 0 Å². The lowest BCUT2D eigenvalue weighted by Gasteiger charge is -2.15. The van der Waals surface area contributed by atoms with Crippen molar-refractivity contribution in [3.05, 3.63) is 146 Å². The topological polar surface area (TPSA) is 52.1 Å². The van der Waals surface area contributed by atoms with Crippen LogP contribution in [0.5, 0.6) is 0 Å². The standard InChI is InChI=1S/C44H24N2O2/c1-2-10-25(11-3-1)28-22-23-34(40-33-17-9-13-26-12-8-16-32(38(26)33)39(28)40)44-45-41(43-42(46-44)31-15-5-7-19-36(31)48-43)27-20-21-30-29-14-4-6-18-35(29)47-37(30)24-27/h1-24H. The maximum atomic E-state index is 6.51. The highest BCUT2D eigenvalue weighted by Crippen LogP contribution is 2.54. The minimum absolute atomic E-state index is 0.662. The van der Waals surface area contributed by atoms with E-state index in [0.717, 1.165) is 60.8 Å². The maximum Gasteiger partial charge on any atom is 0.180 e. The molecule has 11 rings (SSSR count). The van der Waals surface area contributed by atoms with Gasteiger partial charge in [0, 0.05) is 32.8 Å². The van der Waals surface area contributed by atoms with Crippen molar-refractivity contribution in [1.82, 2.24) is 9.97 Å². The molecule has 0 amide bonds. The van der Waals surface area contributed by atoms with Crippen LogP contribution in [0.15, 0.2) is 154 Å². The Hall–Kier alpha value is -6.52. The van der Waals surface area contributed by atoms with E-state index in [1.54, 1.807) is 0 Å². The average molecular weight is 613 g/mol. The van der Waals surface area contributed by atoms with Gasteiger partial charge in [0.2, 0.25) is 0 Å². The zero-order chi connectivity index (χ0) is 31.3. The lowest BCUT2D eigenvalue weighted by atomic mass is 9.90. The Morgan fingerprint density at radius 2 is 1.08 bits per heavy atom. The lowest BCUT2D eigenvalue weighted by molar-refractivity contribution is 0.666. The largest absolute Gasteiger partial charge is 0.456 e. The molecule has 3 heterocycles. The molecule has 0 unspecified atom stereocenters. The molecule has 10 aromatic rings. The van der Waals surface area contributed by atoms with Crippen LogP contribution in [0.25, 0.3) is 111 Å². The minimum Gasteiger partial charge on any atom is -0.456 e. The molecule has 0 radical (unpaired) electrons. The van der Waals surface area contributed by atoms with Gasteiger partial charge >= 0.3 is 0 Å². The Balaban J connectivity index is 1.23. The minimum atomic E-state index is 0.662. The third kappa shape index (κ3) is 3.49. The fourth-order valence-electron chi connectivity index (χ4n) is 7.74. The van der Waals surface area contributed by atoms with Crippen molar-refractivity contribution in [3.8, 4) is 56.0 Å². The molecule has 0 bridgehead atoms. The van der Waals surface area contributed by atoms with E-state index in [2.05, 4.69) is 109 Å². The number of aromatic nitrogens is 2. The highest BCUT2D eigenvalue weighted by atomic mass is 16.3. The van der Waals surface area contributed by atoms with Gasteiger partial charge in [-0.15, -0.1) is 0 Å². The van der Waals surface area contributed by atoms with Gasteiger partial charge in [-0.3, -0.25) is 0 Å². The second kappa shape index (κ2) is 9.50. The predicted octanol–water partition coefficient (Wildman–Crippen LogP) is 12.1. The number of fused-ring (bicyclic) bond motifs is 9. The fourth-order valence-corrected chi connectivity index (χ4v) is 7.74. The second-order valence-electron chi connectivity index (χ2n) is 12.5. The Morgan fingerprint density at radius 1 is 0.417 bits per heavy atom. The van der Waals surface area contributed by atoms with Gasteiger partial charge in [0.05, 0.1) is 0 Å². The van der Waals surface area contributed by atoms with Gasteiger partial charge in [0.15, 0.2) is 11.4 Å². The van der Waals surface area contributed by atoms with Crippen LogP contribution < -0.4 is 0 Å². The third-order valence-corrected chi connectivity index (χ3v) is 9.85.